The van der Waals surface area contributed by atoms with Crippen LogP contribution in [0.25, 0.3) is 0 Å². The molecule has 2 atom stereocenters. The van der Waals surface area contributed by atoms with Gasteiger partial charge in [0.1, 0.15) is 5.75 Å². The lowest BCUT2D eigenvalue weighted by atomic mass is 10.1. The number of carbonyl (C=O) groups excluding carboxylic acids is 1. The summed E-state index contributed by atoms with van der Waals surface area (Å²) in [6.45, 7) is 3.67. The first-order valence-electron chi connectivity index (χ1n) is 6.85. The van der Waals surface area contributed by atoms with Crippen LogP contribution in [0, 0.1) is 0 Å². The second-order valence-electron chi connectivity index (χ2n) is 5.04. The number of aliphatic hydroxyl groups is 1. The molecular formula is C15H21NO3. The highest BCUT2D eigenvalue weighted by atomic mass is 16.5. The number of hydrogen-bond donors (Lipinski definition) is 2. The van der Waals surface area contributed by atoms with E-state index in [0.717, 1.165) is 18.4 Å². The molecule has 1 aliphatic rings. The minimum Gasteiger partial charge on any atom is -0.481 e. The molecule has 1 saturated carbocycles. The van der Waals surface area contributed by atoms with Crippen molar-refractivity contribution in [2.75, 3.05) is 0 Å². The Balaban J connectivity index is 1.89. The zero-order valence-electron chi connectivity index (χ0n) is 11.4. The highest BCUT2D eigenvalue weighted by molar-refractivity contribution is 5.81. The molecule has 1 fully saturated rings. The fraction of sp³-hybridized carbons (Fsp3) is 0.533. The molecule has 1 aliphatic carbocycles. The Kier molecular flexibility index (Phi) is 4.43. The zero-order valence-corrected chi connectivity index (χ0v) is 11.4. The molecule has 1 aromatic rings. The Bertz CT molecular complexity index is 426. The van der Waals surface area contributed by atoms with Crippen LogP contribution in [0.15, 0.2) is 24.3 Å². The predicted molar refractivity (Wildman–Crippen MR) is 72.9 cm³/mol. The number of benzene rings is 1. The predicted octanol–water partition coefficient (Wildman–Crippen LogP) is 2.18. The summed E-state index contributed by atoms with van der Waals surface area (Å²) in [4.78, 5) is 11.7. The van der Waals surface area contributed by atoms with Crippen LogP contribution in [0.2, 0.25) is 0 Å². The van der Waals surface area contributed by atoms with E-state index in [4.69, 9.17) is 4.74 Å². The van der Waals surface area contributed by atoms with E-state index in [0.29, 0.717) is 18.2 Å². The Hall–Kier alpha value is -1.55. The Morgan fingerprint density at radius 3 is 2.58 bits per heavy atom. The van der Waals surface area contributed by atoms with E-state index in [1.54, 1.807) is 19.1 Å². The number of nitrogens with one attached hydrogen (secondary N) is 1. The van der Waals surface area contributed by atoms with Crippen LogP contribution >= 0.6 is 0 Å². The minimum absolute atomic E-state index is 0.0693. The molecule has 19 heavy (non-hydrogen) atoms. The quantitative estimate of drug-likeness (QED) is 0.827. The first-order chi connectivity index (χ1) is 9.10. The smallest absolute Gasteiger partial charge is 0.260 e. The van der Waals surface area contributed by atoms with E-state index >= 15 is 0 Å². The molecule has 1 unspecified atom stereocenters. The average Bonchev–Trinajstić information content (AvgIpc) is 3.22. The van der Waals surface area contributed by atoms with Gasteiger partial charge in [-0.2, -0.15) is 0 Å². The van der Waals surface area contributed by atoms with E-state index in [1.807, 2.05) is 19.1 Å². The van der Waals surface area contributed by atoms with Crippen LogP contribution in [0.3, 0.4) is 0 Å². The highest BCUT2D eigenvalue weighted by Crippen LogP contribution is 2.21. The van der Waals surface area contributed by atoms with Crippen molar-refractivity contribution in [3.8, 4) is 5.75 Å². The molecule has 0 bridgehead atoms. The Labute approximate surface area is 113 Å². The number of hydrogen-bond acceptors (Lipinski definition) is 3. The summed E-state index contributed by atoms with van der Waals surface area (Å²) >= 11 is 0. The van der Waals surface area contributed by atoms with Crippen LogP contribution < -0.4 is 10.1 Å². The molecule has 1 aromatic carbocycles. The topological polar surface area (TPSA) is 58.6 Å². The van der Waals surface area contributed by atoms with Crippen molar-refractivity contribution in [3.63, 3.8) is 0 Å². The molecule has 4 nitrogen and oxygen atoms in total. The van der Waals surface area contributed by atoms with Gasteiger partial charge in [-0.15, -0.1) is 0 Å². The molecular weight excluding hydrogens is 242 g/mol. The van der Waals surface area contributed by atoms with Crippen molar-refractivity contribution in [2.24, 2.45) is 0 Å². The second kappa shape index (κ2) is 6.06. The van der Waals surface area contributed by atoms with Gasteiger partial charge in [-0.3, -0.25) is 4.79 Å². The fourth-order valence-corrected chi connectivity index (χ4v) is 1.81. The maximum Gasteiger partial charge on any atom is 0.260 e. The summed E-state index contributed by atoms with van der Waals surface area (Å²) in [7, 11) is 0. The Morgan fingerprint density at radius 2 is 2.05 bits per heavy atom. The monoisotopic (exact) mass is 263 g/mol. The molecule has 4 heteroatoms. The number of ether oxygens (including phenoxy) is 1. The standard InChI is InChI=1S/C15H21NO3/c1-3-14(17)11-4-8-13(9-5-11)19-10(2)15(18)16-12-6-7-12/h4-5,8-10,12,14,17H,3,6-7H2,1-2H3,(H,16,18)/t10?,14-/m1/s1. The molecule has 104 valence electrons. The maximum absolute atomic E-state index is 11.7. The lowest BCUT2D eigenvalue weighted by molar-refractivity contribution is -0.127. The van der Waals surface area contributed by atoms with Gasteiger partial charge in [-0.05, 0) is 43.9 Å². The maximum atomic E-state index is 11.7. The van der Waals surface area contributed by atoms with Gasteiger partial charge in [0.2, 0.25) is 0 Å². The van der Waals surface area contributed by atoms with Crippen LogP contribution in [0.4, 0.5) is 0 Å². The first kappa shape index (κ1) is 13.9. The normalized spacial score (nSPS) is 17.6. The number of carbonyl (C=O) groups is 1. The lowest BCUT2D eigenvalue weighted by Gasteiger charge is -2.15. The van der Waals surface area contributed by atoms with Gasteiger partial charge in [-0.25, -0.2) is 0 Å². The van der Waals surface area contributed by atoms with Crippen molar-refractivity contribution in [2.45, 2.75) is 51.4 Å². The number of rotatable bonds is 6. The Morgan fingerprint density at radius 1 is 1.42 bits per heavy atom. The van der Waals surface area contributed by atoms with Crippen molar-refractivity contribution < 1.29 is 14.6 Å². The third-order valence-corrected chi connectivity index (χ3v) is 3.26. The van der Waals surface area contributed by atoms with Crippen LogP contribution in [0.5, 0.6) is 5.75 Å². The van der Waals surface area contributed by atoms with Gasteiger partial charge in [0.25, 0.3) is 5.91 Å². The van der Waals surface area contributed by atoms with E-state index in [9.17, 15) is 9.90 Å². The van der Waals surface area contributed by atoms with Gasteiger partial charge in [-0.1, -0.05) is 19.1 Å². The van der Waals surface area contributed by atoms with E-state index in [1.165, 1.54) is 0 Å². The van der Waals surface area contributed by atoms with Crippen molar-refractivity contribution in [1.29, 1.82) is 0 Å². The van der Waals surface area contributed by atoms with Crippen molar-refractivity contribution >= 4 is 5.91 Å². The average molecular weight is 263 g/mol. The van der Waals surface area contributed by atoms with Crippen molar-refractivity contribution in [1.82, 2.24) is 5.32 Å². The lowest BCUT2D eigenvalue weighted by Crippen LogP contribution is -2.37. The van der Waals surface area contributed by atoms with E-state index in [2.05, 4.69) is 5.32 Å². The molecule has 0 aromatic heterocycles. The summed E-state index contributed by atoms with van der Waals surface area (Å²) in [6, 6.07) is 7.58. The van der Waals surface area contributed by atoms with E-state index in [-0.39, 0.29) is 5.91 Å². The van der Waals surface area contributed by atoms with Crippen LogP contribution in [-0.2, 0) is 4.79 Å². The molecule has 1 amide bonds. The highest BCUT2D eigenvalue weighted by Gasteiger charge is 2.26. The summed E-state index contributed by atoms with van der Waals surface area (Å²) in [5.41, 5.74) is 0.866. The molecule has 0 aliphatic heterocycles. The summed E-state index contributed by atoms with van der Waals surface area (Å²) in [5, 5.41) is 12.6. The third kappa shape index (κ3) is 3.96. The first-order valence-corrected chi connectivity index (χ1v) is 6.85. The fourth-order valence-electron chi connectivity index (χ4n) is 1.81. The second-order valence-corrected chi connectivity index (χ2v) is 5.04. The SMILES string of the molecule is CC[C@@H](O)c1ccc(OC(C)C(=O)NC2CC2)cc1. The third-order valence-electron chi connectivity index (χ3n) is 3.26. The molecule has 0 saturated heterocycles. The molecule has 2 rings (SSSR count). The summed E-state index contributed by atoms with van der Waals surface area (Å²) < 4.78 is 5.58. The number of aliphatic hydroxyl groups excluding tert-OH is 1. The summed E-state index contributed by atoms with van der Waals surface area (Å²) in [5.74, 6) is 0.575. The van der Waals surface area contributed by atoms with Gasteiger partial charge < -0.3 is 15.2 Å². The molecule has 2 N–H and O–H groups in total. The van der Waals surface area contributed by atoms with E-state index < -0.39 is 12.2 Å². The summed E-state index contributed by atoms with van der Waals surface area (Å²) in [6.07, 6.45) is 1.89. The molecule has 0 radical (unpaired) electrons. The van der Waals surface area contributed by atoms with Gasteiger partial charge in [0, 0.05) is 6.04 Å². The van der Waals surface area contributed by atoms with Crippen LogP contribution in [-0.4, -0.2) is 23.2 Å². The van der Waals surface area contributed by atoms with Crippen molar-refractivity contribution in [3.05, 3.63) is 29.8 Å². The molecule has 0 spiro atoms. The minimum atomic E-state index is -0.498. The van der Waals surface area contributed by atoms with Crippen LogP contribution in [0.1, 0.15) is 44.8 Å². The van der Waals surface area contributed by atoms with Gasteiger partial charge in [0.05, 0.1) is 6.10 Å². The number of amides is 1. The van der Waals surface area contributed by atoms with Gasteiger partial charge in [0.15, 0.2) is 6.10 Å². The largest absolute Gasteiger partial charge is 0.481 e. The van der Waals surface area contributed by atoms with Gasteiger partial charge >= 0.3 is 0 Å². The zero-order chi connectivity index (χ0) is 13.8. The molecule has 0 heterocycles.